The van der Waals surface area contributed by atoms with E-state index in [1.165, 1.54) is 24.8 Å². The largest absolute Gasteiger partial charge is 0.380 e. The van der Waals surface area contributed by atoms with Gasteiger partial charge in [0.2, 0.25) is 0 Å². The minimum atomic E-state index is 0.0562. The lowest BCUT2D eigenvalue weighted by Gasteiger charge is -2.20. The van der Waals surface area contributed by atoms with E-state index in [1.54, 1.807) is 0 Å². The number of ether oxygens (including phenoxy) is 1. The van der Waals surface area contributed by atoms with Crippen molar-refractivity contribution in [3.8, 4) is 0 Å². The van der Waals surface area contributed by atoms with Crippen LogP contribution in [-0.4, -0.2) is 29.0 Å². The molecule has 0 aliphatic heterocycles. The minimum Gasteiger partial charge on any atom is -0.380 e. The normalized spacial score (nSPS) is 24.7. The molecule has 0 amide bonds. The van der Waals surface area contributed by atoms with Crippen molar-refractivity contribution in [2.45, 2.75) is 64.3 Å². The molecule has 1 aromatic heterocycles. The Morgan fingerprint density at radius 3 is 2.83 bits per heavy atom. The monoisotopic (exact) mass is 251 g/mol. The van der Waals surface area contributed by atoms with Crippen LogP contribution < -0.4 is 5.32 Å². The zero-order chi connectivity index (χ0) is 13.2. The first kappa shape index (κ1) is 13.6. The summed E-state index contributed by atoms with van der Waals surface area (Å²) in [4.78, 5) is 0. The Kier molecular flexibility index (Phi) is 4.07. The minimum absolute atomic E-state index is 0.0562. The lowest BCUT2D eigenvalue weighted by molar-refractivity contribution is 0.0847. The van der Waals surface area contributed by atoms with Crippen molar-refractivity contribution < 1.29 is 4.74 Å². The SMILES string of the molecule is COC1CCCC1NCc1cnn(C(C)(C)C)c1. The molecule has 18 heavy (non-hydrogen) atoms. The van der Waals surface area contributed by atoms with E-state index in [1.807, 2.05) is 18.0 Å². The fourth-order valence-electron chi connectivity index (χ4n) is 2.51. The van der Waals surface area contributed by atoms with Crippen LogP contribution in [0.1, 0.15) is 45.6 Å². The van der Waals surface area contributed by atoms with Crippen LogP contribution in [0.3, 0.4) is 0 Å². The molecule has 0 radical (unpaired) electrons. The third-order valence-corrected chi connectivity index (χ3v) is 3.65. The summed E-state index contributed by atoms with van der Waals surface area (Å²) in [5.74, 6) is 0. The zero-order valence-corrected chi connectivity index (χ0v) is 11.9. The smallest absolute Gasteiger partial charge is 0.0724 e. The highest BCUT2D eigenvalue weighted by atomic mass is 16.5. The molecule has 1 N–H and O–H groups in total. The van der Waals surface area contributed by atoms with E-state index >= 15 is 0 Å². The summed E-state index contributed by atoms with van der Waals surface area (Å²) >= 11 is 0. The average Bonchev–Trinajstić information content (AvgIpc) is 2.94. The van der Waals surface area contributed by atoms with Crippen molar-refractivity contribution in [3.05, 3.63) is 18.0 Å². The van der Waals surface area contributed by atoms with Crippen molar-refractivity contribution in [2.24, 2.45) is 0 Å². The molecule has 1 saturated carbocycles. The Hall–Kier alpha value is -0.870. The van der Waals surface area contributed by atoms with Gasteiger partial charge < -0.3 is 10.1 Å². The van der Waals surface area contributed by atoms with Gasteiger partial charge in [-0.25, -0.2) is 0 Å². The van der Waals surface area contributed by atoms with Gasteiger partial charge in [-0.2, -0.15) is 5.10 Å². The molecular weight excluding hydrogens is 226 g/mol. The van der Waals surface area contributed by atoms with Gasteiger partial charge in [0, 0.05) is 31.5 Å². The Bertz CT molecular complexity index is 381. The molecule has 1 aliphatic rings. The van der Waals surface area contributed by atoms with Crippen LogP contribution >= 0.6 is 0 Å². The Labute approximate surface area is 110 Å². The molecule has 0 saturated heterocycles. The molecule has 0 bridgehead atoms. The van der Waals surface area contributed by atoms with Gasteiger partial charge in [-0.05, 0) is 40.0 Å². The second kappa shape index (κ2) is 5.41. The number of aromatic nitrogens is 2. The summed E-state index contributed by atoms with van der Waals surface area (Å²) in [6.07, 6.45) is 8.11. The quantitative estimate of drug-likeness (QED) is 0.892. The standard InChI is InChI=1S/C14H25N3O/c1-14(2,3)17-10-11(9-16-17)8-15-12-6-5-7-13(12)18-4/h9-10,12-13,15H,5-8H2,1-4H3. The molecule has 4 nitrogen and oxygen atoms in total. The zero-order valence-electron chi connectivity index (χ0n) is 11.9. The van der Waals surface area contributed by atoms with Gasteiger partial charge in [0.15, 0.2) is 0 Å². The first-order chi connectivity index (χ1) is 8.50. The van der Waals surface area contributed by atoms with Gasteiger partial charge in [0.1, 0.15) is 0 Å². The van der Waals surface area contributed by atoms with Crippen LogP contribution in [-0.2, 0) is 16.8 Å². The molecule has 0 aromatic carbocycles. The fourth-order valence-corrected chi connectivity index (χ4v) is 2.51. The lowest BCUT2D eigenvalue weighted by atomic mass is 10.1. The Balaban J connectivity index is 1.89. The molecule has 102 valence electrons. The maximum atomic E-state index is 5.49. The van der Waals surface area contributed by atoms with E-state index < -0.39 is 0 Å². The van der Waals surface area contributed by atoms with Crippen molar-refractivity contribution in [2.75, 3.05) is 7.11 Å². The molecule has 1 fully saturated rings. The van der Waals surface area contributed by atoms with E-state index in [0.29, 0.717) is 12.1 Å². The molecule has 4 heteroatoms. The van der Waals surface area contributed by atoms with Crippen molar-refractivity contribution in [1.29, 1.82) is 0 Å². The van der Waals surface area contributed by atoms with Crippen LogP contribution in [0.15, 0.2) is 12.4 Å². The van der Waals surface area contributed by atoms with Gasteiger partial charge in [0.05, 0.1) is 17.8 Å². The topological polar surface area (TPSA) is 39.1 Å². The third-order valence-electron chi connectivity index (χ3n) is 3.65. The predicted molar refractivity (Wildman–Crippen MR) is 72.5 cm³/mol. The number of hydrogen-bond donors (Lipinski definition) is 1. The van der Waals surface area contributed by atoms with Crippen molar-refractivity contribution >= 4 is 0 Å². The van der Waals surface area contributed by atoms with Crippen LogP contribution in [0.4, 0.5) is 0 Å². The van der Waals surface area contributed by atoms with E-state index in [-0.39, 0.29) is 5.54 Å². The second-order valence-corrected chi connectivity index (χ2v) is 6.16. The van der Waals surface area contributed by atoms with Gasteiger partial charge in [-0.1, -0.05) is 0 Å². The molecular formula is C14H25N3O. The average molecular weight is 251 g/mol. The van der Waals surface area contributed by atoms with Crippen molar-refractivity contribution in [1.82, 2.24) is 15.1 Å². The Morgan fingerprint density at radius 1 is 1.44 bits per heavy atom. The number of hydrogen-bond acceptors (Lipinski definition) is 3. The molecule has 2 atom stereocenters. The van der Waals surface area contributed by atoms with Crippen LogP contribution in [0.2, 0.25) is 0 Å². The highest BCUT2D eigenvalue weighted by Crippen LogP contribution is 2.22. The second-order valence-electron chi connectivity index (χ2n) is 6.16. The summed E-state index contributed by atoms with van der Waals surface area (Å²) in [6, 6.07) is 0.494. The highest BCUT2D eigenvalue weighted by Gasteiger charge is 2.26. The molecule has 1 aromatic rings. The summed E-state index contributed by atoms with van der Waals surface area (Å²) in [5, 5.41) is 8.00. The number of methoxy groups -OCH3 is 1. The molecule has 1 heterocycles. The van der Waals surface area contributed by atoms with Gasteiger partial charge in [0.25, 0.3) is 0 Å². The first-order valence-electron chi connectivity index (χ1n) is 6.81. The summed E-state index contributed by atoms with van der Waals surface area (Å²) < 4.78 is 7.51. The maximum Gasteiger partial charge on any atom is 0.0724 e. The Morgan fingerprint density at radius 2 is 2.22 bits per heavy atom. The number of rotatable bonds is 4. The molecule has 0 spiro atoms. The fraction of sp³-hybridized carbons (Fsp3) is 0.786. The van der Waals surface area contributed by atoms with Gasteiger partial charge >= 0.3 is 0 Å². The van der Waals surface area contributed by atoms with E-state index in [0.717, 1.165) is 6.54 Å². The summed E-state index contributed by atoms with van der Waals surface area (Å²) in [5.41, 5.74) is 1.30. The summed E-state index contributed by atoms with van der Waals surface area (Å²) in [7, 11) is 1.81. The van der Waals surface area contributed by atoms with E-state index in [4.69, 9.17) is 4.74 Å². The molecule has 2 unspecified atom stereocenters. The number of nitrogens with zero attached hydrogens (tertiary/aromatic N) is 2. The summed E-state index contributed by atoms with van der Waals surface area (Å²) in [6.45, 7) is 7.36. The predicted octanol–water partition coefficient (Wildman–Crippen LogP) is 2.30. The van der Waals surface area contributed by atoms with Gasteiger partial charge in [-0.15, -0.1) is 0 Å². The van der Waals surface area contributed by atoms with E-state index in [2.05, 4.69) is 37.4 Å². The van der Waals surface area contributed by atoms with Crippen LogP contribution in [0, 0.1) is 0 Å². The van der Waals surface area contributed by atoms with Crippen molar-refractivity contribution in [3.63, 3.8) is 0 Å². The third kappa shape index (κ3) is 3.12. The molecule has 1 aliphatic carbocycles. The first-order valence-corrected chi connectivity index (χ1v) is 6.81. The van der Waals surface area contributed by atoms with Crippen LogP contribution in [0.25, 0.3) is 0 Å². The maximum absolute atomic E-state index is 5.49. The lowest BCUT2D eigenvalue weighted by Crippen LogP contribution is -2.36. The highest BCUT2D eigenvalue weighted by molar-refractivity contribution is 5.05. The molecule has 2 rings (SSSR count). The van der Waals surface area contributed by atoms with Crippen LogP contribution in [0.5, 0.6) is 0 Å². The number of nitrogens with one attached hydrogen (secondary N) is 1. The van der Waals surface area contributed by atoms with E-state index in [9.17, 15) is 0 Å². The van der Waals surface area contributed by atoms with Gasteiger partial charge in [-0.3, -0.25) is 4.68 Å².